The van der Waals surface area contributed by atoms with E-state index in [1.54, 1.807) is 30.3 Å². The minimum atomic E-state index is -4.18. The summed E-state index contributed by atoms with van der Waals surface area (Å²) < 4.78 is 58.8. The first-order valence-electron chi connectivity index (χ1n) is 11.5. The zero-order valence-electron chi connectivity index (χ0n) is 20.6. The molecule has 0 aromatic heterocycles. The van der Waals surface area contributed by atoms with Gasteiger partial charge in [0.1, 0.15) is 12.0 Å². The standard InChI is InChI=1S/C25H25ClN4O6S2/c1-18-6-10-22(11-7-18)37(33,34)27-24(17-26)28-14-15-29(38(35,36)23-12-8-19(2)9-13-23)25(28)20-4-3-5-21(16-20)30(31)32/h3-13,16,25H,14-15,17H2,1-2H3/t25-/m1/s1. The number of hydrogen-bond acceptors (Lipinski definition) is 6. The predicted octanol–water partition coefficient (Wildman–Crippen LogP) is 4.24. The molecule has 1 atom stereocenters. The van der Waals surface area contributed by atoms with Crippen LogP contribution in [0.3, 0.4) is 0 Å². The van der Waals surface area contributed by atoms with Gasteiger partial charge in [0.05, 0.1) is 20.6 Å². The molecule has 4 rings (SSSR count). The first kappa shape index (κ1) is 27.7. The molecule has 10 nitrogen and oxygen atoms in total. The van der Waals surface area contributed by atoms with Gasteiger partial charge in [0.15, 0.2) is 0 Å². The fourth-order valence-corrected chi connectivity index (χ4v) is 7.06. The number of halogens is 1. The summed E-state index contributed by atoms with van der Waals surface area (Å²) in [6, 6.07) is 18.0. The van der Waals surface area contributed by atoms with E-state index >= 15 is 0 Å². The van der Waals surface area contributed by atoms with Crippen LogP contribution in [0.15, 0.2) is 87.0 Å². The average Bonchev–Trinajstić information content (AvgIpc) is 3.34. The highest BCUT2D eigenvalue weighted by molar-refractivity contribution is 7.90. The molecule has 0 spiro atoms. The molecule has 0 N–H and O–H groups in total. The van der Waals surface area contributed by atoms with Gasteiger partial charge >= 0.3 is 0 Å². The summed E-state index contributed by atoms with van der Waals surface area (Å²) in [5.41, 5.74) is 1.78. The molecule has 200 valence electrons. The zero-order chi connectivity index (χ0) is 27.7. The first-order valence-corrected chi connectivity index (χ1v) is 14.9. The van der Waals surface area contributed by atoms with Crippen LogP contribution in [0.4, 0.5) is 5.69 Å². The second-order valence-electron chi connectivity index (χ2n) is 8.78. The first-order chi connectivity index (χ1) is 17.9. The van der Waals surface area contributed by atoms with Crippen LogP contribution in [-0.2, 0) is 20.0 Å². The topological polar surface area (TPSA) is 130 Å². The Morgan fingerprint density at radius 1 is 0.947 bits per heavy atom. The lowest BCUT2D eigenvalue weighted by molar-refractivity contribution is -0.385. The number of aryl methyl sites for hydroxylation is 2. The van der Waals surface area contributed by atoms with Crippen molar-refractivity contribution in [3.8, 4) is 0 Å². The lowest BCUT2D eigenvalue weighted by Gasteiger charge is -2.31. The van der Waals surface area contributed by atoms with Gasteiger partial charge in [-0.25, -0.2) is 8.42 Å². The molecule has 1 aliphatic heterocycles. The molecule has 0 radical (unpaired) electrons. The lowest BCUT2D eigenvalue weighted by Crippen LogP contribution is -2.39. The third-order valence-corrected chi connectivity index (χ3v) is 9.56. The molecule has 13 heteroatoms. The molecule has 0 saturated carbocycles. The van der Waals surface area contributed by atoms with Crippen molar-refractivity contribution in [2.24, 2.45) is 4.40 Å². The average molecular weight is 577 g/mol. The summed E-state index contributed by atoms with van der Waals surface area (Å²) in [5, 5.41) is 11.5. The van der Waals surface area contributed by atoms with E-state index in [4.69, 9.17) is 11.6 Å². The van der Waals surface area contributed by atoms with Crippen LogP contribution in [0.25, 0.3) is 0 Å². The van der Waals surface area contributed by atoms with Crippen molar-refractivity contribution in [2.75, 3.05) is 19.0 Å². The fourth-order valence-electron chi connectivity index (χ4n) is 4.17. The van der Waals surface area contributed by atoms with E-state index in [9.17, 15) is 26.9 Å². The Kier molecular flexibility index (Phi) is 7.88. The smallest absolute Gasteiger partial charge is 0.283 e. The van der Waals surface area contributed by atoms with Gasteiger partial charge in [0, 0.05) is 25.2 Å². The van der Waals surface area contributed by atoms with Gasteiger partial charge < -0.3 is 4.90 Å². The molecule has 1 aliphatic rings. The molecule has 0 unspecified atom stereocenters. The molecule has 38 heavy (non-hydrogen) atoms. The van der Waals surface area contributed by atoms with E-state index in [2.05, 4.69) is 4.40 Å². The zero-order valence-corrected chi connectivity index (χ0v) is 22.9. The Hall–Kier alpha value is -3.32. The molecule has 0 aliphatic carbocycles. The van der Waals surface area contributed by atoms with Crippen LogP contribution in [0.1, 0.15) is 22.9 Å². The molecule has 0 amide bonds. The number of sulfonamides is 2. The van der Waals surface area contributed by atoms with Crippen LogP contribution in [-0.4, -0.2) is 55.8 Å². The molecule has 1 heterocycles. The maximum atomic E-state index is 13.7. The summed E-state index contributed by atoms with van der Waals surface area (Å²) in [7, 11) is -8.26. The van der Waals surface area contributed by atoms with Gasteiger partial charge in [-0.15, -0.1) is 16.0 Å². The summed E-state index contributed by atoms with van der Waals surface area (Å²) in [6.45, 7) is 3.69. The number of benzene rings is 3. The minimum Gasteiger partial charge on any atom is -0.336 e. The number of nitro groups is 1. The Bertz CT molecular complexity index is 1590. The molecule has 1 saturated heterocycles. The molecule has 3 aromatic rings. The second-order valence-corrected chi connectivity index (χ2v) is 12.5. The van der Waals surface area contributed by atoms with Crippen LogP contribution in [0.5, 0.6) is 0 Å². The van der Waals surface area contributed by atoms with E-state index < -0.39 is 31.1 Å². The number of non-ortho nitro benzene ring substituents is 1. The molecule has 1 fully saturated rings. The van der Waals surface area contributed by atoms with Gasteiger partial charge in [0.25, 0.3) is 15.7 Å². The van der Waals surface area contributed by atoms with Crippen molar-refractivity contribution in [1.82, 2.24) is 9.21 Å². The van der Waals surface area contributed by atoms with E-state index in [1.165, 1.54) is 51.7 Å². The number of amidine groups is 1. The van der Waals surface area contributed by atoms with Crippen LogP contribution >= 0.6 is 11.6 Å². The third-order valence-electron chi connectivity index (χ3n) is 6.13. The SMILES string of the molecule is Cc1ccc(S(=O)(=O)N=C(CCl)N2CCN(S(=O)(=O)c3ccc(C)cc3)[C@@H]2c2cccc([N+](=O)[O-])c2)cc1. The predicted molar refractivity (Wildman–Crippen MR) is 144 cm³/mol. The normalized spacial score (nSPS) is 17.1. The van der Waals surface area contributed by atoms with Crippen molar-refractivity contribution in [3.05, 3.63) is 99.6 Å². The van der Waals surface area contributed by atoms with Crippen molar-refractivity contribution in [3.63, 3.8) is 0 Å². The lowest BCUT2D eigenvalue weighted by atomic mass is 10.1. The minimum absolute atomic E-state index is 0.0238. The molecular weight excluding hydrogens is 552 g/mol. The largest absolute Gasteiger partial charge is 0.336 e. The number of rotatable bonds is 7. The van der Waals surface area contributed by atoms with Gasteiger partial charge in [0.2, 0.25) is 10.0 Å². The monoisotopic (exact) mass is 576 g/mol. The maximum absolute atomic E-state index is 13.7. The van der Waals surface area contributed by atoms with E-state index in [1.807, 2.05) is 13.8 Å². The summed E-state index contributed by atoms with van der Waals surface area (Å²) in [6.07, 6.45) is -1.12. The summed E-state index contributed by atoms with van der Waals surface area (Å²) >= 11 is 6.18. The van der Waals surface area contributed by atoms with Gasteiger partial charge in [-0.2, -0.15) is 12.7 Å². The highest BCUT2D eigenvalue weighted by Gasteiger charge is 2.43. The van der Waals surface area contributed by atoms with E-state index in [0.29, 0.717) is 0 Å². The van der Waals surface area contributed by atoms with Crippen LogP contribution in [0.2, 0.25) is 0 Å². The number of nitro benzene ring substituents is 1. The van der Waals surface area contributed by atoms with Crippen LogP contribution < -0.4 is 0 Å². The Labute approximate surface area is 226 Å². The summed E-state index contributed by atoms with van der Waals surface area (Å²) in [4.78, 5) is 12.4. The highest BCUT2D eigenvalue weighted by atomic mass is 35.5. The summed E-state index contributed by atoms with van der Waals surface area (Å²) in [5.74, 6) is -0.417. The Morgan fingerprint density at radius 2 is 1.53 bits per heavy atom. The van der Waals surface area contributed by atoms with Crippen molar-refractivity contribution in [1.29, 1.82) is 0 Å². The van der Waals surface area contributed by atoms with E-state index in [0.717, 1.165) is 11.1 Å². The van der Waals surface area contributed by atoms with Gasteiger partial charge in [-0.05, 0) is 43.7 Å². The molecule has 0 bridgehead atoms. The quantitative estimate of drug-likeness (QED) is 0.135. The molecule has 3 aromatic carbocycles. The van der Waals surface area contributed by atoms with Gasteiger partial charge in [-0.3, -0.25) is 10.1 Å². The van der Waals surface area contributed by atoms with Gasteiger partial charge in [-0.1, -0.05) is 47.5 Å². The highest BCUT2D eigenvalue weighted by Crippen LogP contribution is 2.37. The second kappa shape index (κ2) is 10.8. The molecular formula is C25H25ClN4O6S2. The maximum Gasteiger partial charge on any atom is 0.283 e. The number of hydrogen-bond donors (Lipinski definition) is 0. The number of alkyl halides is 1. The Morgan fingerprint density at radius 3 is 2.08 bits per heavy atom. The van der Waals surface area contributed by atoms with Crippen LogP contribution in [0, 0.1) is 24.0 Å². The van der Waals surface area contributed by atoms with Crippen molar-refractivity contribution >= 4 is 43.2 Å². The Balaban J connectivity index is 1.84. The van der Waals surface area contributed by atoms with Crippen molar-refractivity contribution < 1.29 is 21.8 Å². The number of nitrogens with zero attached hydrogens (tertiary/aromatic N) is 4. The third kappa shape index (κ3) is 5.58. The van der Waals surface area contributed by atoms with E-state index in [-0.39, 0.29) is 45.8 Å². The van der Waals surface area contributed by atoms with Crippen molar-refractivity contribution in [2.45, 2.75) is 29.8 Å². The fraction of sp³-hybridized carbons (Fsp3) is 0.240.